The summed E-state index contributed by atoms with van der Waals surface area (Å²) in [6, 6.07) is 0. The minimum atomic E-state index is -9.39. The summed E-state index contributed by atoms with van der Waals surface area (Å²) in [4.78, 5) is 0. The first-order chi connectivity index (χ1) is 4.62. The second-order valence-corrected chi connectivity index (χ2v) is 8.80. The first-order valence-electron chi connectivity index (χ1n) is 2.85. The summed E-state index contributed by atoms with van der Waals surface area (Å²) < 4.78 is 54.6. The van der Waals surface area contributed by atoms with Crippen molar-refractivity contribution in [2.45, 2.75) is 13.3 Å². The van der Waals surface area contributed by atoms with Crippen molar-refractivity contribution in [2.75, 3.05) is 13.7 Å². The van der Waals surface area contributed by atoms with Crippen LogP contribution >= 0.6 is 0 Å². The summed E-state index contributed by atoms with van der Waals surface area (Å²) in [5.41, 5.74) is 0. The Balaban J connectivity index is 4.37. The molecule has 0 atom stereocenters. The predicted octanol–water partition coefficient (Wildman–Crippen LogP) is 2.27. The van der Waals surface area contributed by atoms with E-state index in [1.54, 1.807) is 0 Å². The van der Waals surface area contributed by atoms with E-state index < -0.39 is 25.1 Å². The molecule has 7 heteroatoms. The maximum absolute atomic E-state index is 12.1. The van der Waals surface area contributed by atoms with E-state index >= 15 is 0 Å². The molecule has 0 saturated heterocycles. The molecule has 0 aromatic rings. The quantitative estimate of drug-likeness (QED) is 0.585. The van der Waals surface area contributed by atoms with Gasteiger partial charge in [-0.15, -0.1) is 0 Å². The van der Waals surface area contributed by atoms with Gasteiger partial charge in [0, 0.05) is 0 Å². The zero-order valence-electron chi connectivity index (χ0n) is 6.15. The van der Waals surface area contributed by atoms with Crippen LogP contribution in [-0.2, 0) is 6.20 Å². The molecule has 0 heterocycles. The Bertz CT molecular complexity index is 150. The monoisotopic (exact) mass is 296 g/mol. The molecule has 0 N–H and O–H groups in total. The molecule has 0 spiro atoms. The van der Waals surface area contributed by atoms with Gasteiger partial charge in [-0.3, -0.25) is 0 Å². The van der Waals surface area contributed by atoms with Gasteiger partial charge >= 0.3 is 63.4 Å². The van der Waals surface area contributed by atoms with E-state index in [1.165, 1.54) is 6.92 Å². The molecular formula is C4H10F4O2Te. The number of hydrogen-bond donors (Lipinski definition) is 0. The molecule has 11 heavy (non-hydrogen) atoms. The van der Waals surface area contributed by atoms with Gasteiger partial charge in [0.15, 0.2) is 0 Å². The van der Waals surface area contributed by atoms with Crippen LogP contribution in [0.4, 0.5) is 11.6 Å². The molecule has 0 aliphatic heterocycles. The third-order valence-corrected chi connectivity index (χ3v) is 4.43. The van der Waals surface area contributed by atoms with E-state index in [0.29, 0.717) is 0 Å². The topological polar surface area (TPSA) is 18.5 Å². The average Bonchev–Trinajstić information content (AvgIpc) is 1.83. The molecule has 2 nitrogen and oxygen atoms in total. The van der Waals surface area contributed by atoms with E-state index in [0.717, 1.165) is 0 Å². The van der Waals surface area contributed by atoms with Crippen molar-refractivity contribution in [2.24, 2.45) is 0 Å². The maximum atomic E-state index is 12.1. The van der Waals surface area contributed by atoms with Crippen LogP contribution in [0.15, 0.2) is 0 Å². The second kappa shape index (κ2) is 2.46. The van der Waals surface area contributed by atoms with Crippen LogP contribution < -0.4 is 0 Å². The Morgan fingerprint density at radius 1 is 1.18 bits per heavy atom. The zero-order valence-corrected chi connectivity index (χ0v) is 8.48. The molecule has 0 rings (SSSR count). The molecular weight excluding hydrogens is 284 g/mol. The van der Waals surface area contributed by atoms with E-state index in [1.807, 2.05) is 0 Å². The number of hydrogen-bond acceptors (Lipinski definition) is 2. The summed E-state index contributed by atoms with van der Waals surface area (Å²) in [6.45, 7) is 0.750. The summed E-state index contributed by atoms with van der Waals surface area (Å²) in [7, 11) is 0.251. The molecule has 0 saturated carbocycles. The molecule has 0 radical (unpaired) electrons. The first kappa shape index (κ1) is 11.4. The van der Waals surface area contributed by atoms with Gasteiger partial charge in [-0.1, -0.05) is 0 Å². The van der Waals surface area contributed by atoms with Gasteiger partial charge in [-0.25, -0.2) is 0 Å². The number of halogens is 4. The van der Waals surface area contributed by atoms with Crippen molar-refractivity contribution in [1.82, 2.24) is 0 Å². The number of rotatable bonds is 4. The molecule has 0 fully saturated rings. The van der Waals surface area contributed by atoms with Gasteiger partial charge in [0.25, 0.3) is 0 Å². The molecule has 0 aromatic carbocycles. The molecule has 0 aromatic heterocycles. The van der Waals surface area contributed by atoms with Crippen LogP contribution in [0.2, 0.25) is 0 Å². The van der Waals surface area contributed by atoms with Crippen LogP contribution in [0.25, 0.3) is 0 Å². The Morgan fingerprint density at radius 2 is 1.64 bits per heavy atom. The molecule has 0 aliphatic carbocycles. The fraction of sp³-hybridized carbons (Fsp3) is 1.00. The standard InChI is InChI=1S/C4H10F4O2Te/c1-3-4-10-11(5,6,7,8)9-2/h3-4H2,1-2H3. The molecule has 0 aliphatic rings. The van der Waals surface area contributed by atoms with Gasteiger partial charge < -0.3 is 0 Å². The van der Waals surface area contributed by atoms with Crippen LogP contribution in [0.1, 0.15) is 13.3 Å². The van der Waals surface area contributed by atoms with E-state index in [4.69, 9.17) is 0 Å². The molecule has 0 unspecified atom stereocenters. The summed E-state index contributed by atoms with van der Waals surface area (Å²) in [6.07, 6.45) is 0.0922. The fourth-order valence-electron chi connectivity index (χ4n) is 0.291. The predicted molar refractivity (Wildman–Crippen MR) is 33.4 cm³/mol. The third kappa shape index (κ3) is 4.80. The van der Waals surface area contributed by atoms with Gasteiger partial charge in [0.1, 0.15) is 0 Å². The van der Waals surface area contributed by atoms with Gasteiger partial charge in [-0.2, -0.15) is 0 Å². The van der Waals surface area contributed by atoms with Crippen molar-refractivity contribution in [3.8, 4) is 0 Å². The van der Waals surface area contributed by atoms with Crippen LogP contribution in [0, 0.1) is 0 Å². The average molecular weight is 294 g/mol. The third-order valence-electron chi connectivity index (χ3n) is 0.834. The van der Waals surface area contributed by atoms with Crippen LogP contribution in [0.5, 0.6) is 0 Å². The Kier molecular flexibility index (Phi) is 2.55. The van der Waals surface area contributed by atoms with E-state index in [2.05, 4.69) is 6.20 Å². The molecule has 0 amide bonds. The SMILES string of the molecule is CCCO[Te](F)(F)(F)(F)OC. The zero-order chi connectivity index (χ0) is 9.24. The van der Waals surface area contributed by atoms with Gasteiger partial charge in [0.05, 0.1) is 0 Å². The Hall–Kier alpha value is 0.430. The van der Waals surface area contributed by atoms with Crippen molar-refractivity contribution in [1.29, 1.82) is 0 Å². The van der Waals surface area contributed by atoms with Gasteiger partial charge in [-0.05, 0) is 0 Å². The van der Waals surface area contributed by atoms with Crippen molar-refractivity contribution in [3.05, 3.63) is 0 Å². The minimum absolute atomic E-state index is 0.0922. The second-order valence-electron chi connectivity index (χ2n) is 1.91. The summed E-state index contributed by atoms with van der Waals surface area (Å²) in [5, 5.41) is 0. The van der Waals surface area contributed by atoms with Gasteiger partial charge in [0.2, 0.25) is 0 Å². The first-order valence-corrected chi connectivity index (χ1v) is 8.28. The van der Waals surface area contributed by atoms with Crippen LogP contribution in [0.3, 0.4) is 0 Å². The Labute approximate surface area is 63.8 Å². The van der Waals surface area contributed by atoms with Crippen molar-refractivity contribution in [3.63, 3.8) is 0 Å². The summed E-state index contributed by atoms with van der Waals surface area (Å²) >= 11 is -9.39. The Morgan fingerprint density at radius 3 is 1.91 bits per heavy atom. The molecule has 0 bridgehead atoms. The van der Waals surface area contributed by atoms with E-state index in [9.17, 15) is 11.6 Å². The van der Waals surface area contributed by atoms with Crippen molar-refractivity contribution < 1.29 is 17.8 Å². The van der Waals surface area contributed by atoms with E-state index in [-0.39, 0.29) is 13.5 Å². The summed E-state index contributed by atoms with van der Waals surface area (Å²) in [5.74, 6) is 0. The fourth-order valence-corrected chi connectivity index (χ4v) is 1.96. The van der Waals surface area contributed by atoms with Crippen LogP contribution in [-0.4, -0.2) is 32.2 Å². The van der Waals surface area contributed by atoms with Crippen molar-refractivity contribution >= 4 is 18.5 Å². The normalized spacial score (nSPS) is 19.1. The molecule has 72 valence electrons.